The van der Waals surface area contributed by atoms with Crippen LogP contribution in [-0.2, 0) is 4.79 Å². The first-order valence-corrected chi connectivity index (χ1v) is 6.83. The Morgan fingerprint density at radius 3 is 1.82 bits per heavy atom. The molecule has 0 saturated heterocycles. The van der Waals surface area contributed by atoms with Gasteiger partial charge in [0.15, 0.2) is 0 Å². The topological polar surface area (TPSA) is 17.1 Å². The molecule has 0 rings (SSSR count). The SMILES string of the molecule is C=C.C=C(CCCCC)CCCC(C)=O.CC. The van der Waals surface area contributed by atoms with Gasteiger partial charge in [-0.25, -0.2) is 0 Å². The van der Waals surface area contributed by atoms with Crippen molar-refractivity contribution in [2.24, 2.45) is 0 Å². The second-order valence-corrected chi connectivity index (χ2v) is 3.76. The lowest BCUT2D eigenvalue weighted by Gasteiger charge is -2.03. The number of hydrogen-bond donors (Lipinski definition) is 0. The van der Waals surface area contributed by atoms with E-state index >= 15 is 0 Å². The lowest BCUT2D eigenvalue weighted by atomic mass is 10.0. The quantitative estimate of drug-likeness (QED) is 0.392. The van der Waals surface area contributed by atoms with Crippen molar-refractivity contribution in [3.05, 3.63) is 25.3 Å². The van der Waals surface area contributed by atoms with Gasteiger partial charge in [0, 0.05) is 6.42 Å². The summed E-state index contributed by atoms with van der Waals surface area (Å²) in [4.78, 5) is 10.7. The number of carbonyl (C=O) groups is 1. The van der Waals surface area contributed by atoms with Crippen LogP contribution in [0.3, 0.4) is 0 Å². The van der Waals surface area contributed by atoms with E-state index in [9.17, 15) is 4.79 Å². The van der Waals surface area contributed by atoms with Crippen molar-refractivity contribution >= 4 is 5.78 Å². The molecule has 1 nitrogen and oxygen atoms in total. The van der Waals surface area contributed by atoms with Crippen LogP contribution >= 0.6 is 0 Å². The molecule has 0 aliphatic rings. The maximum atomic E-state index is 10.7. The molecule has 0 atom stereocenters. The minimum atomic E-state index is 0.293. The first kappa shape index (κ1) is 21.4. The third-order valence-corrected chi connectivity index (χ3v) is 2.19. The molecule has 0 fully saturated rings. The van der Waals surface area contributed by atoms with Crippen LogP contribution < -0.4 is 0 Å². The second-order valence-electron chi connectivity index (χ2n) is 3.76. The van der Waals surface area contributed by atoms with E-state index in [1.54, 1.807) is 6.92 Å². The highest BCUT2D eigenvalue weighted by Crippen LogP contribution is 2.13. The van der Waals surface area contributed by atoms with E-state index in [1.807, 2.05) is 13.8 Å². The van der Waals surface area contributed by atoms with Crippen LogP contribution in [0.25, 0.3) is 0 Å². The van der Waals surface area contributed by atoms with E-state index in [1.165, 1.54) is 24.8 Å². The number of hydrogen-bond acceptors (Lipinski definition) is 1. The van der Waals surface area contributed by atoms with E-state index < -0.39 is 0 Å². The van der Waals surface area contributed by atoms with Crippen molar-refractivity contribution in [1.82, 2.24) is 0 Å². The standard InChI is InChI=1S/C12H22O.C2H6.C2H4/c1-4-5-6-8-11(2)9-7-10-12(3)13;2*1-2/h2,4-10H2,1,3H3;1-2H3;1-2H2. The van der Waals surface area contributed by atoms with Crippen LogP contribution in [0, 0.1) is 0 Å². The van der Waals surface area contributed by atoms with Gasteiger partial charge in [0.2, 0.25) is 0 Å². The van der Waals surface area contributed by atoms with Crippen LogP contribution in [0.4, 0.5) is 0 Å². The van der Waals surface area contributed by atoms with E-state index in [2.05, 4.69) is 26.7 Å². The molecule has 0 saturated carbocycles. The van der Waals surface area contributed by atoms with Crippen LogP contribution in [0.2, 0.25) is 0 Å². The summed E-state index contributed by atoms with van der Waals surface area (Å²) in [5.74, 6) is 0.293. The highest BCUT2D eigenvalue weighted by atomic mass is 16.1. The van der Waals surface area contributed by atoms with Crippen molar-refractivity contribution in [2.75, 3.05) is 0 Å². The zero-order valence-electron chi connectivity index (χ0n) is 12.5. The number of rotatable bonds is 8. The van der Waals surface area contributed by atoms with Gasteiger partial charge in [-0.05, 0) is 32.6 Å². The van der Waals surface area contributed by atoms with Crippen molar-refractivity contribution in [2.45, 2.75) is 72.6 Å². The summed E-state index contributed by atoms with van der Waals surface area (Å²) in [5.41, 5.74) is 1.31. The molecular weight excluding hydrogens is 208 g/mol. The third-order valence-electron chi connectivity index (χ3n) is 2.19. The Balaban J connectivity index is -0.000000439. The zero-order valence-corrected chi connectivity index (χ0v) is 12.5. The molecule has 0 aliphatic carbocycles. The van der Waals surface area contributed by atoms with Gasteiger partial charge in [0.05, 0.1) is 0 Å². The molecule has 0 bridgehead atoms. The molecule has 0 aromatic rings. The Kier molecular flexibility index (Phi) is 25.9. The predicted molar refractivity (Wildman–Crippen MR) is 80.4 cm³/mol. The summed E-state index contributed by atoms with van der Waals surface area (Å²) in [7, 11) is 0. The summed E-state index contributed by atoms with van der Waals surface area (Å²) in [6.07, 6.45) is 7.70. The minimum absolute atomic E-state index is 0.293. The van der Waals surface area contributed by atoms with E-state index in [0.717, 1.165) is 19.3 Å². The third kappa shape index (κ3) is 25.4. The van der Waals surface area contributed by atoms with E-state index in [-0.39, 0.29) is 0 Å². The first-order chi connectivity index (χ1) is 8.16. The maximum Gasteiger partial charge on any atom is 0.129 e. The smallest absolute Gasteiger partial charge is 0.129 e. The molecule has 0 amide bonds. The Morgan fingerprint density at radius 2 is 1.41 bits per heavy atom. The Hall–Kier alpha value is -0.850. The molecule has 0 spiro atoms. The van der Waals surface area contributed by atoms with Gasteiger partial charge in [-0.3, -0.25) is 0 Å². The van der Waals surface area contributed by atoms with Gasteiger partial charge in [-0.2, -0.15) is 0 Å². The van der Waals surface area contributed by atoms with Gasteiger partial charge in [0.1, 0.15) is 5.78 Å². The fraction of sp³-hybridized carbons (Fsp3) is 0.688. The predicted octanol–water partition coefficient (Wildman–Crippen LogP) is 5.71. The Bertz CT molecular complexity index is 170. The van der Waals surface area contributed by atoms with Crippen molar-refractivity contribution in [3.8, 4) is 0 Å². The number of ketones is 1. The molecule has 17 heavy (non-hydrogen) atoms. The van der Waals surface area contributed by atoms with Gasteiger partial charge in [0.25, 0.3) is 0 Å². The van der Waals surface area contributed by atoms with E-state index in [4.69, 9.17) is 0 Å². The molecule has 1 heteroatoms. The number of carbonyl (C=O) groups excluding carboxylic acids is 1. The van der Waals surface area contributed by atoms with Crippen molar-refractivity contribution in [1.29, 1.82) is 0 Å². The average molecular weight is 240 g/mol. The van der Waals surface area contributed by atoms with Gasteiger partial charge in [-0.15, -0.1) is 13.2 Å². The summed E-state index contributed by atoms with van der Waals surface area (Å²) in [6.45, 7) is 17.9. The molecule has 0 heterocycles. The fourth-order valence-electron chi connectivity index (χ4n) is 1.34. The largest absolute Gasteiger partial charge is 0.300 e. The molecule has 0 radical (unpaired) electrons. The monoisotopic (exact) mass is 240 g/mol. The van der Waals surface area contributed by atoms with Crippen molar-refractivity contribution < 1.29 is 4.79 Å². The summed E-state index contributed by atoms with van der Waals surface area (Å²) >= 11 is 0. The van der Waals surface area contributed by atoms with Gasteiger partial charge >= 0.3 is 0 Å². The minimum Gasteiger partial charge on any atom is -0.300 e. The number of allylic oxidation sites excluding steroid dienone is 1. The zero-order chi connectivity index (χ0) is 14.1. The van der Waals surface area contributed by atoms with Crippen LogP contribution in [0.5, 0.6) is 0 Å². The van der Waals surface area contributed by atoms with Crippen LogP contribution in [-0.4, -0.2) is 5.78 Å². The molecule has 0 aliphatic heterocycles. The lowest BCUT2D eigenvalue weighted by molar-refractivity contribution is -0.117. The Morgan fingerprint density at radius 1 is 0.941 bits per heavy atom. The van der Waals surface area contributed by atoms with Crippen LogP contribution in [0.15, 0.2) is 25.3 Å². The number of unbranched alkanes of at least 4 members (excludes halogenated alkanes) is 2. The fourth-order valence-corrected chi connectivity index (χ4v) is 1.34. The highest BCUT2D eigenvalue weighted by molar-refractivity contribution is 5.75. The lowest BCUT2D eigenvalue weighted by Crippen LogP contribution is -1.90. The molecule has 0 aromatic carbocycles. The number of Topliss-reactive ketones (excluding diaryl/α,β-unsaturated/α-hetero) is 1. The van der Waals surface area contributed by atoms with Gasteiger partial charge in [-0.1, -0.05) is 45.8 Å². The van der Waals surface area contributed by atoms with Gasteiger partial charge < -0.3 is 4.79 Å². The van der Waals surface area contributed by atoms with E-state index in [0.29, 0.717) is 12.2 Å². The van der Waals surface area contributed by atoms with Crippen LogP contribution in [0.1, 0.15) is 72.6 Å². The van der Waals surface area contributed by atoms with Crippen molar-refractivity contribution in [3.63, 3.8) is 0 Å². The second kappa shape index (κ2) is 20.5. The first-order valence-electron chi connectivity index (χ1n) is 6.83. The molecular formula is C16H32O. The maximum absolute atomic E-state index is 10.7. The average Bonchev–Trinajstić information content (AvgIpc) is 2.34. The molecule has 0 aromatic heterocycles. The highest BCUT2D eigenvalue weighted by Gasteiger charge is 1.97. The molecule has 102 valence electrons. The summed E-state index contributed by atoms with van der Waals surface area (Å²) in [5, 5.41) is 0. The summed E-state index contributed by atoms with van der Waals surface area (Å²) < 4.78 is 0. The molecule has 0 N–H and O–H groups in total. The molecule has 0 unspecified atom stereocenters. The normalized spacial score (nSPS) is 8.24. The Labute approximate surface area is 109 Å². The summed E-state index contributed by atoms with van der Waals surface area (Å²) in [6, 6.07) is 0.